The van der Waals surface area contributed by atoms with Crippen LogP contribution in [0.15, 0.2) is 21.6 Å². The summed E-state index contributed by atoms with van der Waals surface area (Å²) in [5.41, 5.74) is 0. The number of rotatable bonds is 2. The van der Waals surface area contributed by atoms with E-state index in [9.17, 15) is 9.59 Å². The van der Waals surface area contributed by atoms with Crippen molar-refractivity contribution in [1.82, 2.24) is 4.90 Å². The summed E-state index contributed by atoms with van der Waals surface area (Å²) in [6.07, 6.45) is 2.52. The molecule has 0 saturated carbocycles. The zero-order valence-electron chi connectivity index (χ0n) is 5.96. The molecule has 0 fully saturated rings. The summed E-state index contributed by atoms with van der Waals surface area (Å²) in [4.78, 5) is 24.7. The zero-order valence-corrected chi connectivity index (χ0v) is 9.13. The standard InChI is InChI=1S/C7H5Br2NO2/c8-3-5(9)4-10-6(11)1-2-7(10)12/h1-3H,4H2/b5-3-. The smallest absolute Gasteiger partial charge is 0.253 e. The summed E-state index contributed by atoms with van der Waals surface area (Å²) in [6.45, 7) is 0.274. The summed E-state index contributed by atoms with van der Waals surface area (Å²) in [5, 5.41) is 0. The maximum atomic E-state index is 11.0. The van der Waals surface area contributed by atoms with Crippen LogP contribution in [0, 0.1) is 0 Å². The van der Waals surface area contributed by atoms with Crippen LogP contribution in [0.4, 0.5) is 0 Å². The molecule has 0 bridgehead atoms. The van der Waals surface area contributed by atoms with E-state index in [1.54, 1.807) is 4.99 Å². The Morgan fingerprint density at radius 1 is 1.42 bits per heavy atom. The molecule has 5 heteroatoms. The third kappa shape index (κ3) is 2.04. The van der Waals surface area contributed by atoms with Crippen LogP contribution in [-0.2, 0) is 9.59 Å². The number of amides is 2. The van der Waals surface area contributed by atoms with Gasteiger partial charge >= 0.3 is 0 Å². The van der Waals surface area contributed by atoms with Crippen LogP contribution in [0.2, 0.25) is 0 Å². The lowest BCUT2D eigenvalue weighted by Crippen LogP contribution is -2.30. The number of hydrogen-bond acceptors (Lipinski definition) is 2. The average molecular weight is 295 g/mol. The lowest BCUT2D eigenvalue weighted by molar-refractivity contribution is -0.136. The number of carbonyl (C=O) groups is 2. The molecular weight excluding hydrogens is 290 g/mol. The third-order valence-corrected chi connectivity index (χ3v) is 2.97. The monoisotopic (exact) mass is 293 g/mol. The number of imide groups is 1. The molecule has 0 aromatic carbocycles. The minimum atomic E-state index is -0.272. The Morgan fingerprint density at radius 2 is 1.92 bits per heavy atom. The van der Waals surface area contributed by atoms with Gasteiger partial charge in [-0.3, -0.25) is 14.5 Å². The van der Waals surface area contributed by atoms with Crippen molar-refractivity contribution in [2.24, 2.45) is 0 Å². The fourth-order valence-corrected chi connectivity index (χ4v) is 1.17. The van der Waals surface area contributed by atoms with Crippen LogP contribution < -0.4 is 0 Å². The molecule has 0 atom stereocenters. The van der Waals surface area contributed by atoms with Gasteiger partial charge in [-0.05, 0) is 4.99 Å². The lowest BCUT2D eigenvalue weighted by atomic mass is 10.5. The van der Waals surface area contributed by atoms with Crippen LogP contribution >= 0.6 is 31.9 Å². The number of halogens is 2. The molecule has 0 radical (unpaired) electrons. The molecule has 1 rings (SSSR count). The van der Waals surface area contributed by atoms with Crippen molar-refractivity contribution in [3.05, 3.63) is 21.6 Å². The summed E-state index contributed by atoms with van der Waals surface area (Å²) < 4.78 is 0.743. The van der Waals surface area contributed by atoms with Crippen molar-refractivity contribution in [2.45, 2.75) is 0 Å². The Labute approximate surface area is 86.4 Å². The summed E-state index contributed by atoms with van der Waals surface area (Å²) in [6, 6.07) is 0. The van der Waals surface area contributed by atoms with Crippen LogP contribution in [0.3, 0.4) is 0 Å². The molecule has 0 saturated heterocycles. The Morgan fingerprint density at radius 3 is 2.33 bits per heavy atom. The van der Waals surface area contributed by atoms with Gasteiger partial charge in [0, 0.05) is 16.6 Å². The van der Waals surface area contributed by atoms with Gasteiger partial charge in [0.25, 0.3) is 11.8 Å². The molecule has 0 N–H and O–H groups in total. The predicted molar refractivity (Wildman–Crippen MR) is 51.8 cm³/mol. The van der Waals surface area contributed by atoms with Crippen LogP contribution in [0.5, 0.6) is 0 Å². The van der Waals surface area contributed by atoms with E-state index in [4.69, 9.17) is 0 Å². The van der Waals surface area contributed by atoms with Gasteiger partial charge in [-0.1, -0.05) is 31.9 Å². The Kier molecular flexibility index (Phi) is 3.22. The molecular formula is C7H5Br2NO2. The van der Waals surface area contributed by atoms with Crippen molar-refractivity contribution in [3.8, 4) is 0 Å². The Bertz CT molecular complexity index is 265. The summed E-state index contributed by atoms with van der Waals surface area (Å²) in [5.74, 6) is -0.544. The number of nitrogens with zero attached hydrogens (tertiary/aromatic N) is 1. The topological polar surface area (TPSA) is 37.4 Å². The molecule has 12 heavy (non-hydrogen) atoms. The second-order valence-electron chi connectivity index (χ2n) is 2.15. The first-order valence-corrected chi connectivity index (χ1v) is 4.84. The van der Waals surface area contributed by atoms with Gasteiger partial charge in [0.2, 0.25) is 0 Å². The molecule has 1 aliphatic rings. The first kappa shape index (κ1) is 9.67. The van der Waals surface area contributed by atoms with E-state index >= 15 is 0 Å². The van der Waals surface area contributed by atoms with Crippen LogP contribution in [0.25, 0.3) is 0 Å². The molecule has 3 nitrogen and oxygen atoms in total. The highest BCUT2D eigenvalue weighted by atomic mass is 79.9. The average Bonchev–Trinajstić information content (AvgIpc) is 2.35. The van der Waals surface area contributed by atoms with Crippen molar-refractivity contribution in [2.75, 3.05) is 6.54 Å². The SMILES string of the molecule is O=C1C=CC(=O)N1C/C(Br)=C/Br. The molecule has 1 heterocycles. The minimum Gasteiger partial charge on any atom is -0.270 e. The molecule has 0 aromatic heterocycles. The fourth-order valence-electron chi connectivity index (χ4n) is 0.773. The van der Waals surface area contributed by atoms with Gasteiger partial charge in [0.15, 0.2) is 0 Å². The van der Waals surface area contributed by atoms with E-state index in [1.165, 1.54) is 12.2 Å². The molecule has 0 spiro atoms. The van der Waals surface area contributed by atoms with E-state index < -0.39 is 0 Å². The van der Waals surface area contributed by atoms with E-state index in [-0.39, 0.29) is 18.4 Å². The second-order valence-corrected chi connectivity index (χ2v) is 3.63. The highest BCUT2D eigenvalue weighted by Crippen LogP contribution is 2.13. The first-order valence-electron chi connectivity index (χ1n) is 3.13. The number of hydrogen-bond donors (Lipinski definition) is 0. The quantitative estimate of drug-likeness (QED) is 0.725. The van der Waals surface area contributed by atoms with Gasteiger partial charge in [0.05, 0.1) is 6.54 Å². The fraction of sp³-hybridized carbons (Fsp3) is 0.143. The van der Waals surface area contributed by atoms with Gasteiger partial charge in [0.1, 0.15) is 0 Å². The van der Waals surface area contributed by atoms with E-state index in [2.05, 4.69) is 31.9 Å². The van der Waals surface area contributed by atoms with Crippen molar-refractivity contribution < 1.29 is 9.59 Å². The highest BCUT2D eigenvalue weighted by Gasteiger charge is 2.23. The predicted octanol–water partition coefficient (Wildman–Crippen LogP) is 1.54. The van der Waals surface area contributed by atoms with Gasteiger partial charge in [-0.25, -0.2) is 0 Å². The van der Waals surface area contributed by atoms with Gasteiger partial charge in [-0.15, -0.1) is 0 Å². The molecule has 0 aliphatic carbocycles. The Balaban J connectivity index is 2.66. The summed E-state index contributed by atoms with van der Waals surface area (Å²) >= 11 is 6.27. The van der Waals surface area contributed by atoms with Crippen molar-refractivity contribution in [3.63, 3.8) is 0 Å². The number of carbonyl (C=O) groups excluding carboxylic acids is 2. The molecule has 0 aromatic rings. The largest absolute Gasteiger partial charge is 0.270 e. The third-order valence-electron chi connectivity index (χ3n) is 1.33. The highest BCUT2D eigenvalue weighted by molar-refractivity contribution is 9.14. The van der Waals surface area contributed by atoms with E-state index in [1.807, 2.05) is 0 Å². The van der Waals surface area contributed by atoms with Gasteiger partial charge in [-0.2, -0.15) is 0 Å². The van der Waals surface area contributed by atoms with E-state index in [0.717, 1.165) is 9.38 Å². The van der Waals surface area contributed by atoms with Gasteiger partial charge < -0.3 is 0 Å². The first-order chi connectivity index (χ1) is 5.65. The molecule has 64 valence electrons. The maximum Gasteiger partial charge on any atom is 0.253 e. The Hall–Kier alpha value is -0.420. The normalized spacial score (nSPS) is 17.8. The molecule has 1 aliphatic heterocycles. The second kappa shape index (κ2) is 4.00. The van der Waals surface area contributed by atoms with E-state index in [0.29, 0.717) is 0 Å². The molecule has 0 unspecified atom stereocenters. The lowest BCUT2D eigenvalue weighted by Gasteiger charge is -2.11. The van der Waals surface area contributed by atoms with Crippen LogP contribution in [0.1, 0.15) is 0 Å². The zero-order chi connectivity index (χ0) is 9.14. The summed E-state index contributed by atoms with van der Waals surface area (Å²) in [7, 11) is 0. The minimum absolute atomic E-state index is 0.272. The van der Waals surface area contributed by atoms with Crippen LogP contribution in [-0.4, -0.2) is 23.3 Å². The van der Waals surface area contributed by atoms with Crippen molar-refractivity contribution in [1.29, 1.82) is 0 Å². The molecule has 2 amide bonds. The van der Waals surface area contributed by atoms with Crippen molar-refractivity contribution >= 4 is 43.7 Å². The maximum absolute atomic E-state index is 11.0.